The normalized spacial score (nSPS) is 7.91. The van der Waals surface area contributed by atoms with Crippen molar-refractivity contribution in [3.8, 4) is 4.39 Å². The summed E-state index contributed by atoms with van der Waals surface area (Å²) >= 11 is 1.21. The maximum atomic E-state index is 5.23. The van der Waals surface area contributed by atoms with Gasteiger partial charge >= 0.3 is 78.9 Å². The molecule has 3 nitrogen and oxygen atoms in total. The molecule has 59 valence electrons. The van der Waals surface area contributed by atoms with Crippen LogP contribution in [0.25, 0.3) is 0 Å². The Morgan fingerprint density at radius 3 is 2.18 bits per heavy atom. The van der Waals surface area contributed by atoms with Gasteiger partial charge in [0.05, 0.1) is 0 Å². The molecule has 6 heteroatoms. The van der Waals surface area contributed by atoms with Crippen LogP contribution in [0.2, 0.25) is 0 Å². The molecule has 0 saturated heterocycles. The molecule has 0 N–H and O–H groups in total. The summed E-state index contributed by atoms with van der Waals surface area (Å²) < 4.78 is 11.9. The van der Waals surface area contributed by atoms with Crippen LogP contribution in [0, 0.1) is 4.39 Å². The SMILES string of the molecule is C[N+](C)=[B-][B-](O[C]#[W+])=[N+](C)C. The number of hydrogen-bond donors (Lipinski definition) is 0. The van der Waals surface area contributed by atoms with Crippen LogP contribution in [0.5, 0.6) is 0 Å². The zero-order valence-corrected chi connectivity index (χ0v) is 10.3. The zero-order valence-electron chi connectivity index (χ0n) is 7.37. The van der Waals surface area contributed by atoms with E-state index in [9.17, 15) is 0 Å². The van der Waals surface area contributed by atoms with E-state index in [1.165, 1.54) is 19.2 Å². The first-order chi connectivity index (χ1) is 5.07. The van der Waals surface area contributed by atoms with Gasteiger partial charge in [-0.1, -0.05) is 0 Å². The minimum atomic E-state index is 0.00231. The van der Waals surface area contributed by atoms with Gasteiger partial charge < -0.3 is 0 Å². The molecule has 1 radical (unpaired) electrons. The number of rotatable bonds is 2. The average molecular weight is 322 g/mol. The fraction of sp³-hybridized carbons (Fsp3) is 0.800. The van der Waals surface area contributed by atoms with Crippen LogP contribution >= 0.6 is 0 Å². The van der Waals surface area contributed by atoms with E-state index in [4.69, 9.17) is 4.65 Å². The van der Waals surface area contributed by atoms with Crippen molar-refractivity contribution < 1.29 is 32.8 Å². The van der Waals surface area contributed by atoms with Crippen LogP contribution in [-0.2, 0) is 23.8 Å². The second-order valence-corrected chi connectivity index (χ2v) is 3.27. The standard InChI is InChI=1S/C5H12B2N2O.W/c1-8(2)6-7(10-5)9(3)4;/h1-4H3;/q;+1. The van der Waals surface area contributed by atoms with Crippen molar-refractivity contribution in [1.29, 1.82) is 0 Å². The summed E-state index contributed by atoms with van der Waals surface area (Å²) in [6, 6.07) is 0. The molecule has 0 unspecified atom stereocenters. The summed E-state index contributed by atoms with van der Waals surface area (Å²) in [7, 11) is 7.89. The average Bonchev–Trinajstić information content (AvgIpc) is 1.86. The summed E-state index contributed by atoms with van der Waals surface area (Å²) in [5.41, 5.74) is 0. The van der Waals surface area contributed by atoms with Crippen molar-refractivity contribution in [1.82, 2.24) is 0 Å². The van der Waals surface area contributed by atoms with Gasteiger partial charge in [-0.15, -0.1) is 0 Å². The minimum absolute atomic E-state index is 0.00231. The molecular formula is C5H12B2N2OW+. The van der Waals surface area contributed by atoms with Crippen LogP contribution < -0.4 is 0 Å². The summed E-state index contributed by atoms with van der Waals surface area (Å²) in [4.78, 5) is 0. The molecule has 0 aromatic carbocycles. The topological polar surface area (TPSA) is 15.2 Å². The molecule has 0 aliphatic heterocycles. The third-order valence-electron chi connectivity index (χ3n) is 1.10. The Kier molecular flexibility index (Phi) is 5.62. The zero-order chi connectivity index (χ0) is 8.85. The first kappa shape index (κ1) is 11.0. The van der Waals surface area contributed by atoms with Crippen molar-refractivity contribution in [2.45, 2.75) is 0 Å². The molecule has 0 aromatic heterocycles. The maximum absolute atomic E-state index is 5.23. The van der Waals surface area contributed by atoms with E-state index in [1.807, 2.05) is 44.1 Å². The van der Waals surface area contributed by atoms with Gasteiger partial charge in [0.15, 0.2) is 0 Å². The van der Waals surface area contributed by atoms with Gasteiger partial charge in [-0.05, 0) is 0 Å². The molecule has 0 aliphatic rings. The van der Waals surface area contributed by atoms with Gasteiger partial charge in [-0.2, -0.15) is 0 Å². The van der Waals surface area contributed by atoms with Crippen molar-refractivity contribution in [3.63, 3.8) is 0 Å². The first-order valence-electron chi connectivity index (χ1n) is 3.28. The summed E-state index contributed by atoms with van der Waals surface area (Å²) in [6.07, 6.45) is 0. The van der Waals surface area contributed by atoms with Crippen molar-refractivity contribution in [3.05, 3.63) is 0 Å². The van der Waals surface area contributed by atoms with Gasteiger partial charge in [0.1, 0.15) is 0 Å². The first-order valence-corrected chi connectivity index (χ1v) is 4.75. The van der Waals surface area contributed by atoms with Gasteiger partial charge in [0, 0.05) is 0 Å². The summed E-state index contributed by atoms with van der Waals surface area (Å²) in [5, 5.41) is 0. The Morgan fingerprint density at radius 2 is 1.91 bits per heavy atom. The van der Waals surface area contributed by atoms with Crippen molar-refractivity contribution >= 4 is 13.6 Å². The Labute approximate surface area is 79.1 Å². The van der Waals surface area contributed by atoms with Crippen LogP contribution in [0.3, 0.4) is 0 Å². The molecule has 0 rings (SSSR count). The van der Waals surface area contributed by atoms with Gasteiger partial charge in [0.2, 0.25) is 0 Å². The fourth-order valence-corrected chi connectivity index (χ4v) is 0.928. The third kappa shape index (κ3) is 5.29. The molecule has 0 fully saturated rings. The molecule has 0 atom stereocenters. The second-order valence-electron chi connectivity index (χ2n) is 2.67. The van der Waals surface area contributed by atoms with Crippen LogP contribution in [0.1, 0.15) is 0 Å². The Balaban J connectivity index is 4.54. The van der Waals surface area contributed by atoms with Crippen molar-refractivity contribution in [2.24, 2.45) is 0 Å². The van der Waals surface area contributed by atoms with E-state index >= 15 is 0 Å². The Morgan fingerprint density at radius 1 is 1.36 bits per heavy atom. The van der Waals surface area contributed by atoms with Crippen LogP contribution in [-0.4, -0.2) is 50.7 Å². The van der Waals surface area contributed by atoms with Gasteiger partial charge in [0.25, 0.3) is 0 Å². The molecule has 0 aliphatic carbocycles. The third-order valence-corrected chi connectivity index (χ3v) is 1.45. The Bertz CT molecular complexity index is 235. The molecule has 11 heavy (non-hydrogen) atoms. The molecule has 0 bridgehead atoms. The van der Waals surface area contributed by atoms with E-state index in [1.54, 1.807) is 0 Å². The molecule has 0 amide bonds. The predicted octanol–water partition coefficient (Wildman–Crippen LogP) is -0.848. The van der Waals surface area contributed by atoms with E-state index in [2.05, 4.69) is 4.39 Å². The Hall–Kier alpha value is -0.00182. The van der Waals surface area contributed by atoms with E-state index < -0.39 is 0 Å². The monoisotopic (exact) mass is 322 g/mol. The molecular weight excluding hydrogens is 310 g/mol. The summed E-state index contributed by atoms with van der Waals surface area (Å²) in [5.74, 6) is 0. The predicted molar refractivity (Wildman–Crippen MR) is 40.7 cm³/mol. The fourth-order valence-electron chi connectivity index (χ4n) is 0.574. The molecule has 0 aromatic rings. The van der Waals surface area contributed by atoms with Crippen LogP contribution in [0.15, 0.2) is 0 Å². The quantitative estimate of drug-likeness (QED) is 0.605. The van der Waals surface area contributed by atoms with E-state index in [0.29, 0.717) is 0 Å². The van der Waals surface area contributed by atoms with Gasteiger partial charge in [-0.3, -0.25) is 0 Å². The summed E-state index contributed by atoms with van der Waals surface area (Å²) in [6.45, 7) is 1.98. The van der Waals surface area contributed by atoms with E-state index in [0.717, 1.165) is 0 Å². The van der Waals surface area contributed by atoms with Crippen LogP contribution in [0.4, 0.5) is 0 Å². The molecule has 0 spiro atoms. The number of hydrogen-bond acceptors (Lipinski definition) is 1. The van der Waals surface area contributed by atoms with E-state index in [-0.39, 0.29) is 6.60 Å². The van der Waals surface area contributed by atoms with Gasteiger partial charge in [-0.25, -0.2) is 0 Å². The molecule has 0 heterocycles. The number of nitrogens with zero attached hydrogens (tertiary/aromatic N) is 2. The van der Waals surface area contributed by atoms with Crippen molar-refractivity contribution in [2.75, 3.05) is 28.2 Å². The second kappa shape index (κ2) is 5.62. The molecule has 0 saturated carbocycles.